The second-order valence-electron chi connectivity index (χ2n) is 8.51. The standard InChI is InChI=1S/C24H40O5/c1-4-7-10-14-24(29,6-3)15-13-20-19(21(25)17-22(20)26)12-9-8-11-18(5-2)16-23(27)28/h8-9,13,15,18-20,22,26,29H,4-7,10-12,14,16-17H2,1-3H3,(H,27,28)/b9-8-,15-13+/t18?,19-,20-,22-,24+/m1/s1. The van der Waals surface area contributed by atoms with Crippen LogP contribution in [0.25, 0.3) is 0 Å². The average molecular weight is 409 g/mol. The van der Waals surface area contributed by atoms with Crippen molar-refractivity contribution in [1.29, 1.82) is 0 Å². The Labute approximate surface area is 175 Å². The van der Waals surface area contributed by atoms with Crippen LogP contribution < -0.4 is 0 Å². The fraction of sp³-hybridized carbons (Fsp3) is 0.750. The second-order valence-corrected chi connectivity index (χ2v) is 8.51. The number of carbonyl (C=O) groups is 2. The summed E-state index contributed by atoms with van der Waals surface area (Å²) in [5.41, 5.74) is -0.883. The van der Waals surface area contributed by atoms with Crippen molar-refractivity contribution in [1.82, 2.24) is 0 Å². The van der Waals surface area contributed by atoms with E-state index < -0.39 is 17.7 Å². The molecule has 1 aliphatic carbocycles. The molecular weight excluding hydrogens is 368 g/mol. The van der Waals surface area contributed by atoms with E-state index in [0.717, 1.165) is 25.7 Å². The highest BCUT2D eigenvalue weighted by Gasteiger charge is 2.39. The maximum atomic E-state index is 12.4. The average Bonchev–Trinajstić information content (AvgIpc) is 2.95. The van der Waals surface area contributed by atoms with Crippen molar-refractivity contribution in [3.8, 4) is 0 Å². The van der Waals surface area contributed by atoms with Crippen LogP contribution in [0.4, 0.5) is 0 Å². The van der Waals surface area contributed by atoms with Crippen LogP contribution in [-0.4, -0.2) is 38.8 Å². The van der Waals surface area contributed by atoms with E-state index in [1.165, 1.54) is 0 Å². The van der Waals surface area contributed by atoms with Gasteiger partial charge in [0, 0.05) is 24.7 Å². The molecule has 5 heteroatoms. The number of unbranched alkanes of at least 4 members (excludes halogenated alkanes) is 2. The zero-order chi connectivity index (χ0) is 21.9. The number of hydrogen-bond acceptors (Lipinski definition) is 4. The quantitative estimate of drug-likeness (QED) is 0.287. The molecule has 0 bridgehead atoms. The molecule has 0 aliphatic heterocycles. The van der Waals surface area contributed by atoms with E-state index in [4.69, 9.17) is 5.11 Å². The number of rotatable bonds is 14. The Hall–Kier alpha value is -1.46. The van der Waals surface area contributed by atoms with Crippen molar-refractivity contribution in [2.45, 2.75) is 96.7 Å². The molecule has 0 saturated heterocycles. The van der Waals surface area contributed by atoms with Crippen molar-refractivity contribution < 1.29 is 24.9 Å². The lowest BCUT2D eigenvalue weighted by Crippen LogP contribution is -2.26. The normalized spacial score (nSPS) is 25.7. The van der Waals surface area contributed by atoms with Gasteiger partial charge in [-0.05, 0) is 31.6 Å². The van der Waals surface area contributed by atoms with E-state index in [0.29, 0.717) is 25.7 Å². The van der Waals surface area contributed by atoms with Crippen LogP contribution in [-0.2, 0) is 9.59 Å². The Morgan fingerprint density at radius 2 is 1.97 bits per heavy atom. The molecule has 166 valence electrons. The lowest BCUT2D eigenvalue weighted by atomic mass is 9.86. The van der Waals surface area contributed by atoms with E-state index in [1.54, 1.807) is 6.08 Å². The summed E-state index contributed by atoms with van der Waals surface area (Å²) in [4.78, 5) is 23.2. The van der Waals surface area contributed by atoms with E-state index in [-0.39, 0.29) is 36.4 Å². The van der Waals surface area contributed by atoms with E-state index in [2.05, 4.69) is 6.92 Å². The Bertz CT molecular complexity index is 568. The second kappa shape index (κ2) is 13.0. The predicted molar refractivity (Wildman–Crippen MR) is 116 cm³/mol. The molecule has 1 saturated carbocycles. The first-order valence-electron chi connectivity index (χ1n) is 11.3. The van der Waals surface area contributed by atoms with Gasteiger partial charge in [-0.3, -0.25) is 9.59 Å². The Balaban J connectivity index is 2.72. The van der Waals surface area contributed by atoms with E-state index in [9.17, 15) is 19.8 Å². The molecule has 1 fully saturated rings. The number of carboxylic acid groups (broad SMARTS) is 1. The minimum absolute atomic E-state index is 0.0559. The highest BCUT2D eigenvalue weighted by molar-refractivity contribution is 5.84. The van der Waals surface area contributed by atoms with Crippen LogP contribution in [0.1, 0.15) is 85.0 Å². The van der Waals surface area contributed by atoms with Crippen LogP contribution in [0.5, 0.6) is 0 Å². The summed E-state index contributed by atoms with van der Waals surface area (Å²) in [6.07, 6.45) is 13.6. The molecule has 5 nitrogen and oxygen atoms in total. The van der Waals surface area contributed by atoms with E-state index in [1.807, 2.05) is 32.1 Å². The zero-order valence-electron chi connectivity index (χ0n) is 18.3. The first kappa shape index (κ1) is 25.6. The molecule has 0 spiro atoms. The third kappa shape index (κ3) is 8.83. The lowest BCUT2D eigenvalue weighted by molar-refractivity contribution is -0.138. The summed E-state index contributed by atoms with van der Waals surface area (Å²) >= 11 is 0. The van der Waals surface area contributed by atoms with Crippen LogP contribution in [0, 0.1) is 17.8 Å². The summed E-state index contributed by atoms with van der Waals surface area (Å²) in [7, 11) is 0. The summed E-state index contributed by atoms with van der Waals surface area (Å²) in [5, 5.41) is 30.1. The van der Waals surface area contributed by atoms with Gasteiger partial charge >= 0.3 is 5.97 Å². The molecule has 1 rings (SSSR count). The molecule has 1 aliphatic rings. The molecule has 0 aromatic heterocycles. The fourth-order valence-electron chi connectivity index (χ4n) is 4.05. The molecule has 29 heavy (non-hydrogen) atoms. The molecule has 0 heterocycles. The van der Waals surface area contributed by atoms with Crippen LogP contribution in [0.2, 0.25) is 0 Å². The van der Waals surface area contributed by atoms with Gasteiger partial charge in [-0.2, -0.15) is 0 Å². The molecule has 5 atom stereocenters. The minimum atomic E-state index is -0.883. The number of aliphatic hydroxyl groups excluding tert-OH is 1. The largest absolute Gasteiger partial charge is 0.481 e. The van der Waals surface area contributed by atoms with Gasteiger partial charge in [0.05, 0.1) is 11.7 Å². The van der Waals surface area contributed by atoms with Crippen molar-refractivity contribution >= 4 is 11.8 Å². The summed E-state index contributed by atoms with van der Waals surface area (Å²) in [6.45, 7) is 6.06. The van der Waals surface area contributed by atoms with Gasteiger partial charge in [0.15, 0.2) is 0 Å². The van der Waals surface area contributed by atoms with Crippen molar-refractivity contribution in [3.63, 3.8) is 0 Å². The maximum Gasteiger partial charge on any atom is 0.303 e. The fourth-order valence-corrected chi connectivity index (χ4v) is 4.05. The third-order valence-corrected chi connectivity index (χ3v) is 6.25. The van der Waals surface area contributed by atoms with E-state index >= 15 is 0 Å². The Morgan fingerprint density at radius 3 is 2.55 bits per heavy atom. The lowest BCUT2D eigenvalue weighted by Gasteiger charge is -2.24. The SMILES string of the molecule is CCCCC[C@](O)(/C=C/[C@H]1[C@H](O)CC(=O)[C@@H]1C/C=C\CC(CC)CC(=O)O)CC. The number of carbonyl (C=O) groups excluding carboxylic acids is 1. The van der Waals surface area contributed by atoms with Crippen molar-refractivity contribution in [3.05, 3.63) is 24.3 Å². The maximum absolute atomic E-state index is 12.4. The molecule has 0 radical (unpaired) electrons. The smallest absolute Gasteiger partial charge is 0.303 e. The molecular formula is C24H40O5. The number of ketones is 1. The van der Waals surface area contributed by atoms with Gasteiger partial charge in [-0.25, -0.2) is 0 Å². The molecule has 0 aromatic carbocycles. The highest BCUT2D eigenvalue weighted by Crippen LogP contribution is 2.34. The molecule has 1 unspecified atom stereocenters. The number of carboxylic acids is 1. The van der Waals surface area contributed by atoms with Gasteiger partial charge in [0.2, 0.25) is 0 Å². The first-order valence-corrected chi connectivity index (χ1v) is 11.3. The predicted octanol–water partition coefficient (Wildman–Crippen LogP) is 4.67. The number of hydrogen-bond donors (Lipinski definition) is 3. The van der Waals surface area contributed by atoms with Crippen molar-refractivity contribution in [2.24, 2.45) is 17.8 Å². The van der Waals surface area contributed by atoms with Gasteiger partial charge in [-0.1, -0.05) is 70.8 Å². The number of allylic oxidation sites excluding steroid dienone is 2. The van der Waals surface area contributed by atoms with Gasteiger partial charge < -0.3 is 15.3 Å². The topological polar surface area (TPSA) is 94.8 Å². The van der Waals surface area contributed by atoms with Gasteiger partial charge in [0.1, 0.15) is 5.78 Å². The van der Waals surface area contributed by atoms with Crippen molar-refractivity contribution in [2.75, 3.05) is 0 Å². The third-order valence-electron chi connectivity index (χ3n) is 6.25. The molecule has 0 amide bonds. The van der Waals surface area contributed by atoms with Crippen LogP contribution in [0.15, 0.2) is 24.3 Å². The van der Waals surface area contributed by atoms with Gasteiger partial charge in [0.25, 0.3) is 0 Å². The summed E-state index contributed by atoms with van der Waals surface area (Å²) in [5.74, 6) is -1.19. The highest BCUT2D eigenvalue weighted by atomic mass is 16.4. The van der Waals surface area contributed by atoms with Gasteiger partial charge in [-0.15, -0.1) is 0 Å². The number of aliphatic hydroxyl groups is 2. The minimum Gasteiger partial charge on any atom is -0.481 e. The molecule has 0 aromatic rings. The monoisotopic (exact) mass is 408 g/mol. The Kier molecular flexibility index (Phi) is 11.4. The summed E-state index contributed by atoms with van der Waals surface area (Å²) < 4.78 is 0. The molecule has 3 N–H and O–H groups in total. The number of aliphatic carboxylic acids is 1. The first-order chi connectivity index (χ1) is 13.8. The zero-order valence-corrected chi connectivity index (χ0v) is 18.3. The number of Topliss-reactive ketones (excluding diaryl/α,β-unsaturated/α-hetero) is 1. The van der Waals surface area contributed by atoms with Crippen LogP contribution in [0.3, 0.4) is 0 Å². The summed E-state index contributed by atoms with van der Waals surface area (Å²) in [6, 6.07) is 0. The van der Waals surface area contributed by atoms with Crippen LogP contribution >= 0.6 is 0 Å². The Morgan fingerprint density at radius 1 is 1.24 bits per heavy atom.